The summed E-state index contributed by atoms with van der Waals surface area (Å²) in [6.45, 7) is 4.18. The molecular formula is C23H22O7SSi. The molecule has 4 rings (SSSR count). The number of allylic oxidation sites excluding steroid dienone is 5. The molecule has 1 aliphatic carbocycles. The molecule has 0 amide bonds. The number of rotatable bonds is 4. The Morgan fingerprint density at radius 3 is 2.25 bits per heavy atom. The summed E-state index contributed by atoms with van der Waals surface area (Å²) < 4.78 is 44.7. The van der Waals surface area contributed by atoms with Crippen molar-refractivity contribution >= 4 is 34.7 Å². The molecule has 0 saturated heterocycles. The van der Waals surface area contributed by atoms with E-state index in [-0.39, 0.29) is 17.3 Å². The Labute approximate surface area is 187 Å². The first-order valence-corrected chi connectivity index (χ1v) is 14.2. The fourth-order valence-corrected chi connectivity index (χ4v) is 8.10. The summed E-state index contributed by atoms with van der Waals surface area (Å²) in [6, 6.07) is 7.76. The zero-order valence-electron chi connectivity index (χ0n) is 18.0. The number of carbonyl (C=O) groups excluding carboxylic acids is 1. The van der Waals surface area contributed by atoms with E-state index in [1.807, 2.05) is 0 Å². The first-order valence-electron chi connectivity index (χ1n) is 9.75. The topological polar surface area (TPSA) is 110 Å². The normalized spacial score (nSPS) is 16.9. The lowest BCUT2D eigenvalue weighted by Crippen LogP contribution is -2.49. The zero-order valence-corrected chi connectivity index (χ0v) is 19.8. The van der Waals surface area contributed by atoms with Crippen molar-refractivity contribution in [1.82, 2.24) is 0 Å². The highest BCUT2D eigenvalue weighted by Gasteiger charge is 2.40. The Morgan fingerprint density at radius 1 is 0.938 bits per heavy atom. The first-order chi connectivity index (χ1) is 15.0. The molecule has 32 heavy (non-hydrogen) atoms. The van der Waals surface area contributed by atoms with Crippen molar-refractivity contribution in [1.29, 1.82) is 0 Å². The Bertz CT molecular complexity index is 1360. The third-order valence-corrected chi connectivity index (χ3v) is 10.3. The molecule has 0 atom stereocenters. The van der Waals surface area contributed by atoms with Crippen LogP contribution in [0.4, 0.5) is 0 Å². The molecule has 0 fully saturated rings. The van der Waals surface area contributed by atoms with Gasteiger partial charge in [0.1, 0.15) is 30.2 Å². The first kappa shape index (κ1) is 22.1. The Morgan fingerprint density at radius 2 is 1.62 bits per heavy atom. The molecule has 0 aromatic heterocycles. The molecule has 2 aromatic rings. The highest BCUT2D eigenvalue weighted by atomic mass is 32.2. The monoisotopic (exact) mass is 470 g/mol. The van der Waals surface area contributed by atoms with Gasteiger partial charge in [-0.2, -0.15) is 8.42 Å². The van der Waals surface area contributed by atoms with Crippen LogP contribution in [0, 0.1) is 0 Å². The second-order valence-electron chi connectivity index (χ2n) is 8.12. The van der Waals surface area contributed by atoms with Gasteiger partial charge in [0.05, 0.1) is 14.2 Å². The van der Waals surface area contributed by atoms with Crippen molar-refractivity contribution in [3.63, 3.8) is 0 Å². The van der Waals surface area contributed by atoms with Crippen LogP contribution in [-0.2, 0) is 14.9 Å². The molecule has 0 unspecified atom stereocenters. The second-order valence-corrected chi connectivity index (χ2v) is 13.8. The number of fused-ring (bicyclic) bond motifs is 2. The van der Waals surface area contributed by atoms with Crippen molar-refractivity contribution in [3.05, 3.63) is 70.5 Å². The van der Waals surface area contributed by atoms with Gasteiger partial charge < -0.3 is 14.6 Å². The number of phenols is 1. The lowest BCUT2D eigenvalue weighted by atomic mass is 9.89. The predicted molar refractivity (Wildman–Crippen MR) is 123 cm³/mol. The quantitative estimate of drug-likeness (QED) is 0.522. The fraction of sp³-hybridized carbons (Fsp3) is 0.174. The third-order valence-electron chi connectivity index (χ3n) is 5.91. The zero-order chi connectivity index (χ0) is 23.4. The van der Waals surface area contributed by atoms with E-state index in [1.54, 1.807) is 30.4 Å². The highest BCUT2D eigenvalue weighted by molar-refractivity contribution is 7.86. The molecule has 0 saturated carbocycles. The van der Waals surface area contributed by atoms with Crippen LogP contribution in [0.25, 0.3) is 5.57 Å². The van der Waals surface area contributed by atoms with E-state index in [4.69, 9.17) is 9.47 Å². The SMILES string of the molecule is COc1cc(OC)c(S(=O)(=O)O)cc1C1=C2C=CC(=O)C=C2[Si](C)(C)c2cc(O)ccc21. The summed E-state index contributed by atoms with van der Waals surface area (Å²) in [5, 5.41) is 12.0. The van der Waals surface area contributed by atoms with Crippen LogP contribution in [0.2, 0.25) is 13.1 Å². The van der Waals surface area contributed by atoms with Gasteiger partial charge in [-0.25, -0.2) is 0 Å². The lowest BCUT2D eigenvalue weighted by Gasteiger charge is -2.37. The number of methoxy groups -OCH3 is 2. The number of carbonyl (C=O) groups is 1. The maximum atomic E-state index is 12.3. The lowest BCUT2D eigenvalue weighted by molar-refractivity contribution is -0.110. The number of phenolic OH excluding ortho intramolecular Hbond substituents is 1. The average molecular weight is 471 g/mol. The molecule has 0 spiro atoms. The largest absolute Gasteiger partial charge is 0.508 e. The summed E-state index contributed by atoms with van der Waals surface area (Å²) in [7, 11) is -4.23. The minimum atomic E-state index is -4.60. The van der Waals surface area contributed by atoms with E-state index in [9.17, 15) is 22.9 Å². The summed E-state index contributed by atoms with van der Waals surface area (Å²) in [5.74, 6) is 0.250. The molecule has 1 heterocycles. The van der Waals surface area contributed by atoms with Crippen LogP contribution >= 0.6 is 0 Å². The Balaban J connectivity index is 2.17. The van der Waals surface area contributed by atoms with Gasteiger partial charge in [0, 0.05) is 11.6 Å². The van der Waals surface area contributed by atoms with Gasteiger partial charge in [-0.15, -0.1) is 0 Å². The number of hydrogen-bond acceptors (Lipinski definition) is 6. The molecule has 2 aromatic carbocycles. The van der Waals surface area contributed by atoms with Crippen molar-refractivity contribution in [3.8, 4) is 17.2 Å². The Kier molecular flexibility index (Phi) is 5.15. The molecule has 7 nitrogen and oxygen atoms in total. The van der Waals surface area contributed by atoms with Crippen LogP contribution in [-0.4, -0.2) is 46.2 Å². The number of ether oxygens (including phenoxy) is 2. The van der Waals surface area contributed by atoms with E-state index in [0.29, 0.717) is 16.9 Å². The van der Waals surface area contributed by atoms with Crippen LogP contribution in [0.1, 0.15) is 11.1 Å². The molecule has 2 aliphatic rings. The van der Waals surface area contributed by atoms with Gasteiger partial charge >= 0.3 is 0 Å². The number of aromatic hydroxyl groups is 1. The van der Waals surface area contributed by atoms with E-state index < -0.39 is 23.1 Å². The maximum Gasteiger partial charge on any atom is 0.298 e. The minimum absolute atomic E-state index is 0.0553. The molecule has 1 aliphatic heterocycles. The van der Waals surface area contributed by atoms with Crippen LogP contribution < -0.4 is 14.7 Å². The second kappa shape index (κ2) is 7.47. The molecule has 166 valence electrons. The molecule has 0 radical (unpaired) electrons. The molecule has 2 N–H and O–H groups in total. The van der Waals surface area contributed by atoms with E-state index in [2.05, 4.69) is 13.1 Å². The van der Waals surface area contributed by atoms with Crippen molar-refractivity contribution in [2.45, 2.75) is 18.0 Å². The van der Waals surface area contributed by atoms with E-state index in [0.717, 1.165) is 21.5 Å². The number of ketones is 1. The van der Waals surface area contributed by atoms with Crippen LogP contribution in [0.15, 0.2) is 64.2 Å². The fourth-order valence-electron chi connectivity index (χ4n) is 4.37. The van der Waals surface area contributed by atoms with Crippen LogP contribution in [0.5, 0.6) is 17.2 Å². The van der Waals surface area contributed by atoms with Crippen molar-refractivity contribution < 1.29 is 32.3 Å². The van der Waals surface area contributed by atoms with Crippen molar-refractivity contribution in [2.24, 2.45) is 0 Å². The minimum Gasteiger partial charge on any atom is -0.508 e. The van der Waals surface area contributed by atoms with E-state index >= 15 is 0 Å². The van der Waals surface area contributed by atoms with Gasteiger partial charge in [0.25, 0.3) is 10.1 Å². The van der Waals surface area contributed by atoms with Crippen molar-refractivity contribution in [2.75, 3.05) is 14.2 Å². The summed E-state index contributed by atoms with van der Waals surface area (Å²) in [4.78, 5) is 11.9. The molecule has 0 bridgehead atoms. The van der Waals surface area contributed by atoms with Crippen LogP contribution in [0.3, 0.4) is 0 Å². The summed E-state index contributed by atoms with van der Waals surface area (Å²) >= 11 is 0. The van der Waals surface area contributed by atoms with Gasteiger partial charge in [-0.1, -0.05) is 25.2 Å². The molecular weight excluding hydrogens is 448 g/mol. The summed E-state index contributed by atoms with van der Waals surface area (Å²) in [6.07, 6.45) is 4.80. The van der Waals surface area contributed by atoms with E-state index in [1.165, 1.54) is 32.4 Å². The van der Waals surface area contributed by atoms with Gasteiger partial charge in [0.15, 0.2) is 5.78 Å². The maximum absolute atomic E-state index is 12.3. The Hall–Kier alpha value is -3.14. The van der Waals surface area contributed by atoms with Gasteiger partial charge in [-0.3, -0.25) is 9.35 Å². The standard InChI is InChI=1S/C23H22O7SSi/c1-29-18-12-19(30-2)20(31(26,27)28)11-17(18)23-15-7-5-13(24)9-21(15)32(3,4)22-10-14(25)6-8-16(22)23/h5-12,24H,1-4H3,(H,26,27,28). The van der Waals surface area contributed by atoms with Gasteiger partial charge in [-0.05, 0) is 57.4 Å². The smallest absolute Gasteiger partial charge is 0.298 e. The molecule has 9 heteroatoms. The van der Waals surface area contributed by atoms with Gasteiger partial charge in [0.2, 0.25) is 0 Å². The number of hydrogen-bond donors (Lipinski definition) is 2. The highest BCUT2D eigenvalue weighted by Crippen LogP contribution is 2.45. The third kappa shape index (κ3) is 3.38. The predicted octanol–water partition coefficient (Wildman–Crippen LogP) is 2.99. The number of benzene rings is 2. The average Bonchev–Trinajstić information content (AvgIpc) is 2.73. The summed E-state index contributed by atoms with van der Waals surface area (Å²) in [5.41, 5.74) is 2.64.